The molecule has 0 unspecified atom stereocenters. The normalized spacial score (nSPS) is 22.1. The predicted octanol–water partition coefficient (Wildman–Crippen LogP) is 1.93. The van der Waals surface area contributed by atoms with Gasteiger partial charge in [-0.05, 0) is 43.9 Å². The largest absolute Gasteiger partial charge is 0.490 e. The molecule has 1 N–H and O–H groups in total. The number of carbonyl (C=O) groups is 2. The van der Waals surface area contributed by atoms with Gasteiger partial charge in [0.05, 0.1) is 19.3 Å². The Morgan fingerprint density at radius 1 is 1.26 bits per heavy atom. The van der Waals surface area contributed by atoms with Gasteiger partial charge in [0, 0.05) is 12.1 Å². The second kappa shape index (κ2) is 7.00. The van der Waals surface area contributed by atoms with Crippen LogP contribution in [0.2, 0.25) is 0 Å². The lowest BCUT2D eigenvalue weighted by molar-refractivity contribution is -0.147. The Morgan fingerprint density at radius 3 is 2.78 bits per heavy atom. The molecule has 6 heteroatoms. The number of hydrogen-bond acceptors (Lipinski definition) is 4. The van der Waals surface area contributed by atoms with Crippen molar-refractivity contribution in [3.05, 3.63) is 29.8 Å². The monoisotopic (exact) mass is 319 g/mol. The van der Waals surface area contributed by atoms with Crippen LogP contribution in [0.4, 0.5) is 0 Å². The Morgan fingerprint density at radius 2 is 2.04 bits per heavy atom. The number of benzene rings is 1. The second-order valence-corrected chi connectivity index (χ2v) is 5.98. The van der Waals surface area contributed by atoms with Crippen molar-refractivity contribution in [2.45, 2.75) is 37.8 Å². The molecule has 1 aromatic carbocycles. The zero-order valence-corrected chi connectivity index (χ0v) is 12.9. The molecule has 0 aromatic heterocycles. The summed E-state index contributed by atoms with van der Waals surface area (Å²) in [6, 6.07) is 6.07. The van der Waals surface area contributed by atoms with Gasteiger partial charge in [0.1, 0.15) is 5.75 Å². The summed E-state index contributed by atoms with van der Waals surface area (Å²) in [5, 5.41) is 9.25. The van der Waals surface area contributed by atoms with Crippen molar-refractivity contribution in [2.75, 3.05) is 19.8 Å². The Hall–Kier alpha value is -2.08. The standard InChI is InChI=1S/C17H21NO5/c19-16(18-8-9-22-11-15(18)17(20)21)12-4-3-7-14(10-12)23-13-5-1-2-6-13/h3-4,7,10,13,15H,1-2,5-6,8-9,11H2,(H,20,21)/t15-/m0/s1. The number of morpholine rings is 1. The minimum atomic E-state index is -1.04. The van der Waals surface area contributed by atoms with Crippen LogP contribution in [0.15, 0.2) is 24.3 Å². The molecule has 1 aromatic rings. The first kappa shape index (κ1) is 15.8. The maximum Gasteiger partial charge on any atom is 0.328 e. The van der Waals surface area contributed by atoms with E-state index in [1.165, 1.54) is 17.7 Å². The smallest absolute Gasteiger partial charge is 0.328 e. The highest BCUT2D eigenvalue weighted by molar-refractivity contribution is 5.97. The van der Waals surface area contributed by atoms with Crippen LogP contribution in [0.25, 0.3) is 0 Å². The Balaban J connectivity index is 1.74. The van der Waals surface area contributed by atoms with Crippen LogP contribution >= 0.6 is 0 Å². The van der Waals surface area contributed by atoms with Crippen molar-refractivity contribution in [3.8, 4) is 5.75 Å². The molecule has 0 radical (unpaired) electrons. The van der Waals surface area contributed by atoms with Crippen LogP contribution in [0.1, 0.15) is 36.0 Å². The molecule has 124 valence electrons. The van der Waals surface area contributed by atoms with E-state index in [-0.39, 0.29) is 25.2 Å². The Kier molecular flexibility index (Phi) is 4.81. The van der Waals surface area contributed by atoms with Crippen LogP contribution in [0, 0.1) is 0 Å². The summed E-state index contributed by atoms with van der Waals surface area (Å²) in [6.45, 7) is 0.663. The first-order chi connectivity index (χ1) is 11.1. The SMILES string of the molecule is O=C(O)[C@@H]1COCCN1C(=O)c1cccc(OC2CCCC2)c1. The van der Waals surface area contributed by atoms with E-state index in [2.05, 4.69) is 0 Å². The van der Waals surface area contributed by atoms with Crippen molar-refractivity contribution < 1.29 is 24.2 Å². The fourth-order valence-electron chi connectivity index (χ4n) is 3.12. The van der Waals surface area contributed by atoms with Crippen molar-refractivity contribution >= 4 is 11.9 Å². The number of hydrogen-bond donors (Lipinski definition) is 1. The van der Waals surface area contributed by atoms with E-state index in [4.69, 9.17) is 9.47 Å². The molecule has 2 fully saturated rings. The van der Waals surface area contributed by atoms with Crippen LogP contribution in [-0.4, -0.2) is 53.8 Å². The number of amides is 1. The highest BCUT2D eigenvalue weighted by Crippen LogP contribution is 2.25. The van der Waals surface area contributed by atoms with Crippen molar-refractivity contribution in [1.29, 1.82) is 0 Å². The van der Waals surface area contributed by atoms with Crippen LogP contribution in [0.5, 0.6) is 5.75 Å². The number of aliphatic carboxylic acids is 1. The lowest BCUT2D eigenvalue weighted by Crippen LogP contribution is -2.52. The molecular weight excluding hydrogens is 298 g/mol. The quantitative estimate of drug-likeness (QED) is 0.918. The summed E-state index contributed by atoms with van der Waals surface area (Å²) in [5.41, 5.74) is 0.452. The molecule has 1 aliphatic carbocycles. The van der Waals surface area contributed by atoms with Gasteiger partial charge in [0.2, 0.25) is 0 Å². The second-order valence-electron chi connectivity index (χ2n) is 5.98. The number of rotatable bonds is 4. The summed E-state index contributed by atoms with van der Waals surface area (Å²) in [7, 11) is 0. The molecule has 1 aliphatic heterocycles. The van der Waals surface area contributed by atoms with Gasteiger partial charge in [0.15, 0.2) is 6.04 Å². The molecule has 1 amide bonds. The van der Waals surface area contributed by atoms with Gasteiger partial charge in [-0.15, -0.1) is 0 Å². The minimum absolute atomic E-state index is 0.0271. The van der Waals surface area contributed by atoms with Gasteiger partial charge in [-0.3, -0.25) is 4.79 Å². The summed E-state index contributed by atoms with van der Waals surface area (Å²) in [6.07, 6.45) is 4.66. The van der Waals surface area contributed by atoms with Gasteiger partial charge >= 0.3 is 5.97 Å². The van der Waals surface area contributed by atoms with Crippen molar-refractivity contribution in [3.63, 3.8) is 0 Å². The molecule has 1 heterocycles. The predicted molar refractivity (Wildman–Crippen MR) is 82.6 cm³/mol. The van der Waals surface area contributed by atoms with E-state index in [1.807, 2.05) is 6.07 Å². The number of carboxylic acid groups (broad SMARTS) is 1. The third kappa shape index (κ3) is 3.64. The number of nitrogens with zero attached hydrogens (tertiary/aromatic N) is 1. The van der Waals surface area contributed by atoms with Gasteiger partial charge < -0.3 is 19.5 Å². The average molecular weight is 319 g/mol. The molecule has 0 spiro atoms. The molecule has 3 rings (SSSR count). The van der Waals surface area contributed by atoms with E-state index < -0.39 is 12.0 Å². The highest BCUT2D eigenvalue weighted by atomic mass is 16.5. The van der Waals surface area contributed by atoms with Crippen molar-refractivity contribution in [2.24, 2.45) is 0 Å². The van der Waals surface area contributed by atoms with Gasteiger partial charge in [0.25, 0.3) is 5.91 Å². The van der Waals surface area contributed by atoms with Crippen LogP contribution in [0.3, 0.4) is 0 Å². The molecule has 1 atom stereocenters. The highest BCUT2D eigenvalue weighted by Gasteiger charge is 2.33. The maximum absolute atomic E-state index is 12.7. The lowest BCUT2D eigenvalue weighted by atomic mass is 10.1. The van der Waals surface area contributed by atoms with Crippen LogP contribution < -0.4 is 4.74 Å². The first-order valence-corrected chi connectivity index (χ1v) is 8.03. The molecule has 6 nitrogen and oxygen atoms in total. The number of ether oxygens (including phenoxy) is 2. The van der Waals surface area contributed by atoms with E-state index in [9.17, 15) is 14.7 Å². The van der Waals surface area contributed by atoms with E-state index in [1.54, 1.807) is 18.2 Å². The first-order valence-electron chi connectivity index (χ1n) is 8.03. The topological polar surface area (TPSA) is 76.1 Å². The number of carbonyl (C=O) groups excluding carboxylic acids is 1. The summed E-state index contributed by atoms with van der Waals surface area (Å²) < 4.78 is 11.1. The molecule has 1 saturated carbocycles. The third-order valence-electron chi connectivity index (χ3n) is 4.36. The molecule has 2 aliphatic rings. The van der Waals surface area contributed by atoms with Crippen LogP contribution in [-0.2, 0) is 9.53 Å². The Labute approximate surface area is 135 Å². The van der Waals surface area contributed by atoms with E-state index in [0.29, 0.717) is 17.9 Å². The fourth-order valence-corrected chi connectivity index (χ4v) is 3.12. The zero-order chi connectivity index (χ0) is 16.2. The van der Waals surface area contributed by atoms with Crippen molar-refractivity contribution in [1.82, 2.24) is 4.90 Å². The molecule has 23 heavy (non-hydrogen) atoms. The lowest BCUT2D eigenvalue weighted by Gasteiger charge is -2.33. The summed E-state index contributed by atoms with van der Waals surface area (Å²) >= 11 is 0. The van der Waals surface area contributed by atoms with E-state index >= 15 is 0 Å². The van der Waals surface area contributed by atoms with E-state index in [0.717, 1.165) is 12.8 Å². The molecule has 1 saturated heterocycles. The average Bonchev–Trinajstić information content (AvgIpc) is 3.07. The van der Waals surface area contributed by atoms with Gasteiger partial charge in [-0.25, -0.2) is 4.79 Å². The summed E-state index contributed by atoms with van der Waals surface area (Å²) in [5.74, 6) is -0.670. The molecule has 0 bridgehead atoms. The zero-order valence-electron chi connectivity index (χ0n) is 12.9. The Bertz CT molecular complexity index is 582. The maximum atomic E-state index is 12.7. The van der Waals surface area contributed by atoms with Gasteiger partial charge in [-0.2, -0.15) is 0 Å². The fraction of sp³-hybridized carbons (Fsp3) is 0.529. The minimum Gasteiger partial charge on any atom is -0.490 e. The third-order valence-corrected chi connectivity index (χ3v) is 4.36. The summed E-state index contributed by atoms with van der Waals surface area (Å²) in [4.78, 5) is 25.3. The van der Waals surface area contributed by atoms with Gasteiger partial charge in [-0.1, -0.05) is 6.07 Å². The number of carboxylic acids is 1. The molecular formula is C17H21NO5.